The highest BCUT2D eigenvalue weighted by molar-refractivity contribution is 6.12. The van der Waals surface area contributed by atoms with E-state index in [4.69, 9.17) is 4.74 Å². The molecular weight excluding hydrogens is 522 g/mol. The Hall–Kier alpha value is -5.36. The fourth-order valence-electron chi connectivity index (χ4n) is 5.28. The van der Waals surface area contributed by atoms with Gasteiger partial charge < -0.3 is 15.0 Å². The molecule has 1 aliphatic rings. The van der Waals surface area contributed by atoms with Gasteiger partial charge in [0.1, 0.15) is 11.9 Å². The summed E-state index contributed by atoms with van der Waals surface area (Å²) in [6.07, 6.45) is -0.404. The molecule has 0 aliphatic carbocycles. The zero-order valence-electron chi connectivity index (χ0n) is 23.1. The summed E-state index contributed by atoms with van der Waals surface area (Å²) in [6.45, 7) is 0.975. The third-order valence-corrected chi connectivity index (χ3v) is 7.31. The molecule has 2 amide bonds. The molecule has 42 heavy (non-hydrogen) atoms. The van der Waals surface area contributed by atoms with Crippen LogP contribution in [0.1, 0.15) is 33.2 Å². The van der Waals surface area contributed by atoms with Crippen LogP contribution < -0.4 is 19.9 Å². The van der Waals surface area contributed by atoms with Crippen molar-refractivity contribution in [1.82, 2.24) is 5.32 Å². The molecule has 208 valence electrons. The second kappa shape index (κ2) is 12.4. The molecule has 0 fully saturated rings. The van der Waals surface area contributed by atoms with Crippen LogP contribution in [0.15, 0.2) is 140 Å². The number of hydrogen-bond acceptors (Lipinski definition) is 4. The maximum Gasteiger partial charge on any atom is 0.262 e. The third-order valence-electron chi connectivity index (χ3n) is 7.31. The molecule has 0 bridgehead atoms. The predicted molar refractivity (Wildman–Crippen MR) is 165 cm³/mol. The van der Waals surface area contributed by atoms with Gasteiger partial charge in [-0.25, -0.2) is 0 Å². The molecule has 1 aliphatic heterocycles. The molecule has 1 atom stereocenters. The highest BCUT2D eigenvalue weighted by Crippen LogP contribution is 2.42. The number of hydrogen-bond donors (Lipinski definition) is 1. The van der Waals surface area contributed by atoms with Gasteiger partial charge in [0.25, 0.3) is 11.8 Å². The largest absolute Gasteiger partial charge is 0.484 e. The van der Waals surface area contributed by atoms with Crippen LogP contribution in [0.25, 0.3) is 0 Å². The maximum absolute atomic E-state index is 14.0. The standard InChI is InChI=1S/C36H31N3O3/c40-34(37-24-27-12-4-1-5-13-27)26-42-31-22-20-29(21-23-31)35-38(25-28-14-6-2-7-15-28)33-19-11-10-18-32(33)36(41)39(35)30-16-8-3-9-17-30/h1-23,35H,24-26H2,(H,37,40)/t35-/m1/s1. The van der Waals surface area contributed by atoms with Gasteiger partial charge >= 0.3 is 0 Å². The number of nitrogens with zero attached hydrogens (tertiary/aromatic N) is 2. The molecule has 6 rings (SSSR count). The summed E-state index contributed by atoms with van der Waals surface area (Å²) < 4.78 is 5.80. The van der Waals surface area contributed by atoms with Crippen LogP contribution in [0.5, 0.6) is 5.75 Å². The first kappa shape index (κ1) is 26.8. The maximum atomic E-state index is 14.0. The molecule has 0 spiro atoms. The van der Waals surface area contributed by atoms with Crippen molar-refractivity contribution in [3.63, 3.8) is 0 Å². The molecule has 0 saturated heterocycles. The molecule has 5 aromatic rings. The van der Waals surface area contributed by atoms with Crippen molar-refractivity contribution in [3.8, 4) is 5.75 Å². The first-order valence-corrected chi connectivity index (χ1v) is 14.0. The smallest absolute Gasteiger partial charge is 0.262 e. The highest BCUT2D eigenvalue weighted by Gasteiger charge is 2.39. The Morgan fingerprint density at radius 1 is 0.690 bits per heavy atom. The minimum Gasteiger partial charge on any atom is -0.484 e. The summed E-state index contributed by atoms with van der Waals surface area (Å²) in [4.78, 5) is 30.6. The first-order chi connectivity index (χ1) is 20.7. The van der Waals surface area contributed by atoms with Gasteiger partial charge in [0.2, 0.25) is 0 Å². The Morgan fingerprint density at radius 2 is 1.29 bits per heavy atom. The predicted octanol–water partition coefficient (Wildman–Crippen LogP) is 6.75. The van der Waals surface area contributed by atoms with E-state index in [2.05, 4.69) is 22.3 Å². The Bertz CT molecular complexity index is 1640. The van der Waals surface area contributed by atoms with E-state index in [1.807, 2.05) is 132 Å². The van der Waals surface area contributed by atoms with E-state index < -0.39 is 6.17 Å². The number of ether oxygens (including phenoxy) is 1. The lowest BCUT2D eigenvalue weighted by Gasteiger charge is -2.46. The van der Waals surface area contributed by atoms with E-state index in [0.717, 1.165) is 28.1 Å². The normalized spacial score (nSPS) is 14.3. The van der Waals surface area contributed by atoms with E-state index in [1.165, 1.54) is 0 Å². The zero-order valence-corrected chi connectivity index (χ0v) is 23.1. The molecule has 0 saturated carbocycles. The minimum absolute atomic E-state index is 0.0541. The summed E-state index contributed by atoms with van der Waals surface area (Å²) in [5.41, 5.74) is 5.46. The number of rotatable bonds is 9. The Labute approximate surface area is 245 Å². The van der Waals surface area contributed by atoms with Gasteiger partial charge in [-0.15, -0.1) is 0 Å². The van der Waals surface area contributed by atoms with Crippen molar-refractivity contribution in [2.75, 3.05) is 16.4 Å². The zero-order chi connectivity index (χ0) is 28.7. The van der Waals surface area contributed by atoms with E-state index >= 15 is 0 Å². The molecule has 1 N–H and O–H groups in total. The molecule has 0 unspecified atom stereocenters. The summed E-state index contributed by atoms with van der Waals surface area (Å²) >= 11 is 0. The van der Waals surface area contributed by atoms with Gasteiger partial charge in [-0.2, -0.15) is 0 Å². The van der Waals surface area contributed by atoms with E-state index in [1.54, 1.807) is 0 Å². The second-order valence-electron chi connectivity index (χ2n) is 10.1. The fourth-order valence-corrected chi connectivity index (χ4v) is 5.28. The van der Waals surface area contributed by atoms with Gasteiger partial charge in [-0.05, 0) is 53.1 Å². The van der Waals surface area contributed by atoms with E-state index in [0.29, 0.717) is 24.4 Å². The van der Waals surface area contributed by atoms with Crippen molar-refractivity contribution in [3.05, 3.63) is 162 Å². The summed E-state index contributed by atoms with van der Waals surface area (Å²) in [7, 11) is 0. The number of carbonyl (C=O) groups is 2. The van der Waals surface area contributed by atoms with Crippen molar-refractivity contribution in [1.29, 1.82) is 0 Å². The Morgan fingerprint density at radius 3 is 1.98 bits per heavy atom. The number of para-hydroxylation sites is 2. The van der Waals surface area contributed by atoms with Crippen molar-refractivity contribution >= 4 is 23.2 Å². The number of carbonyl (C=O) groups excluding carboxylic acids is 2. The van der Waals surface area contributed by atoms with Crippen LogP contribution in [0.4, 0.5) is 11.4 Å². The molecule has 6 heteroatoms. The van der Waals surface area contributed by atoms with Crippen LogP contribution in [0, 0.1) is 0 Å². The summed E-state index contributed by atoms with van der Waals surface area (Å²) in [6, 6.07) is 45.2. The topological polar surface area (TPSA) is 61.9 Å². The van der Waals surface area contributed by atoms with Crippen molar-refractivity contribution < 1.29 is 14.3 Å². The Kier molecular flexibility index (Phi) is 7.95. The van der Waals surface area contributed by atoms with Crippen LogP contribution in [0.2, 0.25) is 0 Å². The summed E-state index contributed by atoms with van der Waals surface area (Å²) in [5.74, 6) is 0.334. The molecule has 5 aromatic carbocycles. The highest BCUT2D eigenvalue weighted by atomic mass is 16.5. The minimum atomic E-state index is -0.404. The van der Waals surface area contributed by atoms with Crippen LogP contribution in [-0.2, 0) is 17.9 Å². The number of fused-ring (bicyclic) bond motifs is 1. The third kappa shape index (κ3) is 5.88. The molecule has 1 heterocycles. The average molecular weight is 554 g/mol. The molecule has 6 nitrogen and oxygen atoms in total. The Balaban J connectivity index is 1.28. The number of benzene rings is 5. The number of anilines is 2. The fraction of sp³-hybridized carbons (Fsp3) is 0.111. The lowest BCUT2D eigenvalue weighted by molar-refractivity contribution is -0.123. The van der Waals surface area contributed by atoms with E-state index in [9.17, 15) is 9.59 Å². The lowest BCUT2D eigenvalue weighted by atomic mass is 9.99. The quantitative estimate of drug-likeness (QED) is 0.219. The van der Waals surface area contributed by atoms with Gasteiger partial charge in [-0.1, -0.05) is 103 Å². The summed E-state index contributed by atoms with van der Waals surface area (Å²) in [5, 5.41) is 2.88. The van der Waals surface area contributed by atoms with Gasteiger partial charge in [0.15, 0.2) is 6.61 Å². The SMILES string of the molecule is O=C(COc1ccc([C@@H]2N(Cc3ccccc3)c3ccccc3C(=O)N2c2ccccc2)cc1)NCc1ccccc1. The lowest BCUT2D eigenvalue weighted by Crippen LogP contribution is -2.49. The second-order valence-corrected chi connectivity index (χ2v) is 10.1. The molecule has 0 radical (unpaired) electrons. The number of nitrogens with one attached hydrogen (secondary N) is 1. The molecule has 0 aromatic heterocycles. The number of amides is 2. The van der Waals surface area contributed by atoms with Gasteiger partial charge in [-0.3, -0.25) is 14.5 Å². The van der Waals surface area contributed by atoms with Gasteiger partial charge in [0.05, 0.1) is 11.3 Å². The van der Waals surface area contributed by atoms with Gasteiger partial charge in [0, 0.05) is 18.8 Å². The van der Waals surface area contributed by atoms with Crippen LogP contribution in [-0.4, -0.2) is 18.4 Å². The van der Waals surface area contributed by atoms with E-state index in [-0.39, 0.29) is 18.4 Å². The van der Waals surface area contributed by atoms with Crippen molar-refractivity contribution in [2.24, 2.45) is 0 Å². The molecular formula is C36H31N3O3. The van der Waals surface area contributed by atoms with Crippen LogP contribution >= 0.6 is 0 Å². The average Bonchev–Trinajstić information content (AvgIpc) is 3.05. The monoisotopic (exact) mass is 553 g/mol. The first-order valence-electron chi connectivity index (χ1n) is 14.0. The van der Waals surface area contributed by atoms with Crippen LogP contribution in [0.3, 0.4) is 0 Å². The van der Waals surface area contributed by atoms with Crippen molar-refractivity contribution in [2.45, 2.75) is 19.3 Å².